The van der Waals surface area contributed by atoms with Crippen LogP contribution in [0, 0.1) is 0 Å². The van der Waals surface area contributed by atoms with Crippen LogP contribution in [0.4, 0.5) is 0 Å². The Morgan fingerprint density at radius 2 is 1.67 bits per heavy atom. The summed E-state index contributed by atoms with van der Waals surface area (Å²) in [7, 11) is 3.24. The molecule has 0 unspecified atom stereocenters. The average Bonchev–Trinajstić information content (AvgIpc) is 3.32. The second kappa shape index (κ2) is 10.3. The molecule has 1 heterocycles. The molecule has 1 amide bonds. The van der Waals surface area contributed by atoms with Crippen molar-refractivity contribution in [2.75, 3.05) is 27.6 Å². The van der Waals surface area contributed by atoms with Crippen LogP contribution >= 0.6 is 0 Å². The van der Waals surface area contributed by atoms with Crippen LogP contribution in [0.15, 0.2) is 66.7 Å². The van der Waals surface area contributed by atoms with Crippen molar-refractivity contribution in [3.63, 3.8) is 0 Å². The molecule has 172 valence electrons. The first kappa shape index (κ1) is 22.5. The Hall–Kier alpha value is -3.67. The van der Waals surface area contributed by atoms with Gasteiger partial charge in [-0.1, -0.05) is 36.4 Å². The molecular weight excluding hydrogens is 418 g/mol. The molecule has 0 saturated heterocycles. The second-order valence-corrected chi connectivity index (χ2v) is 8.04. The summed E-state index contributed by atoms with van der Waals surface area (Å²) < 4.78 is 21.7. The number of carbonyl (C=O) groups is 1. The third kappa shape index (κ3) is 5.22. The van der Waals surface area contributed by atoms with E-state index in [4.69, 9.17) is 18.9 Å². The molecule has 0 bridgehead atoms. The number of carbonyl (C=O) groups excluding carboxylic acids is 1. The smallest absolute Gasteiger partial charge is 0.254 e. The molecule has 1 atom stereocenters. The van der Waals surface area contributed by atoms with E-state index in [0.29, 0.717) is 41.5 Å². The highest BCUT2D eigenvalue weighted by Crippen LogP contribution is 2.33. The van der Waals surface area contributed by atoms with Crippen molar-refractivity contribution in [1.29, 1.82) is 0 Å². The number of methoxy groups -OCH3 is 2. The largest absolute Gasteiger partial charge is 0.493 e. The number of benzene rings is 3. The molecule has 1 aliphatic rings. The van der Waals surface area contributed by atoms with Gasteiger partial charge in [-0.15, -0.1) is 0 Å². The van der Waals surface area contributed by atoms with E-state index in [-0.39, 0.29) is 18.7 Å². The molecule has 0 fully saturated rings. The molecule has 6 heteroatoms. The van der Waals surface area contributed by atoms with Crippen molar-refractivity contribution in [3.8, 4) is 23.0 Å². The summed E-state index contributed by atoms with van der Waals surface area (Å²) in [6.45, 7) is 2.84. The quantitative estimate of drug-likeness (QED) is 0.474. The fraction of sp³-hybridized carbons (Fsp3) is 0.296. The lowest BCUT2D eigenvalue weighted by Gasteiger charge is -2.30. The van der Waals surface area contributed by atoms with E-state index < -0.39 is 0 Å². The molecule has 0 radical (unpaired) electrons. The van der Waals surface area contributed by atoms with Gasteiger partial charge >= 0.3 is 0 Å². The van der Waals surface area contributed by atoms with E-state index in [0.717, 1.165) is 12.0 Å². The molecule has 1 aliphatic heterocycles. The van der Waals surface area contributed by atoms with Crippen LogP contribution in [0.5, 0.6) is 23.0 Å². The number of rotatable bonds is 9. The Balaban J connectivity index is 1.56. The Labute approximate surface area is 194 Å². The molecule has 0 aliphatic carbocycles. The zero-order valence-electron chi connectivity index (χ0n) is 19.2. The summed E-state index contributed by atoms with van der Waals surface area (Å²) in [4.78, 5) is 15.5. The predicted octanol–water partition coefficient (Wildman–Crippen LogP) is 4.75. The Morgan fingerprint density at radius 1 is 0.909 bits per heavy atom. The van der Waals surface area contributed by atoms with Crippen molar-refractivity contribution < 1.29 is 23.7 Å². The minimum Gasteiger partial charge on any atom is -0.493 e. The van der Waals surface area contributed by atoms with E-state index in [9.17, 15) is 4.79 Å². The van der Waals surface area contributed by atoms with Gasteiger partial charge in [0.05, 0.1) is 14.2 Å². The Morgan fingerprint density at radius 3 is 2.42 bits per heavy atom. The van der Waals surface area contributed by atoms with Crippen molar-refractivity contribution in [3.05, 3.63) is 83.4 Å². The summed E-state index contributed by atoms with van der Waals surface area (Å²) in [5.74, 6) is 2.61. The first-order valence-corrected chi connectivity index (χ1v) is 11.0. The zero-order chi connectivity index (χ0) is 23.2. The molecular formula is C27H29NO5. The van der Waals surface area contributed by atoms with Crippen molar-refractivity contribution >= 4 is 5.91 Å². The van der Waals surface area contributed by atoms with Crippen LogP contribution < -0.4 is 18.9 Å². The molecule has 0 saturated carbocycles. The van der Waals surface area contributed by atoms with Gasteiger partial charge in [-0.25, -0.2) is 0 Å². The highest BCUT2D eigenvalue weighted by Gasteiger charge is 2.24. The maximum Gasteiger partial charge on any atom is 0.254 e. The van der Waals surface area contributed by atoms with Gasteiger partial charge in [0.2, 0.25) is 6.79 Å². The second-order valence-electron chi connectivity index (χ2n) is 8.04. The van der Waals surface area contributed by atoms with Crippen LogP contribution in [0.3, 0.4) is 0 Å². The summed E-state index contributed by atoms with van der Waals surface area (Å²) in [5, 5.41) is 0. The van der Waals surface area contributed by atoms with E-state index in [1.807, 2.05) is 41.3 Å². The summed E-state index contributed by atoms with van der Waals surface area (Å²) >= 11 is 0. The van der Waals surface area contributed by atoms with Crippen molar-refractivity contribution in [2.24, 2.45) is 0 Å². The number of amides is 1. The molecule has 0 aromatic heterocycles. The van der Waals surface area contributed by atoms with Gasteiger partial charge < -0.3 is 23.8 Å². The number of nitrogens with zero attached hydrogens (tertiary/aromatic N) is 1. The standard InChI is InChI=1S/C27H29NO5/c1-19(15-20-7-5-4-6-8-20)28(14-13-21-9-11-23(30-2)25(16-21)31-3)27(29)22-10-12-24-26(17-22)33-18-32-24/h4-12,16-17,19H,13-15,18H2,1-3H3/t19-/m0/s1. The number of hydrogen-bond acceptors (Lipinski definition) is 5. The topological polar surface area (TPSA) is 57.2 Å². The van der Waals surface area contributed by atoms with Gasteiger partial charge in [0.25, 0.3) is 5.91 Å². The first-order chi connectivity index (χ1) is 16.1. The zero-order valence-corrected chi connectivity index (χ0v) is 19.2. The van der Waals surface area contributed by atoms with E-state index in [2.05, 4.69) is 19.1 Å². The molecule has 0 N–H and O–H groups in total. The lowest BCUT2D eigenvalue weighted by Crippen LogP contribution is -2.41. The van der Waals surface area contributed by atoms with Gasteiger partial charge in [0.1, 0.15) is 0 Å². The van der Waals surface area contributed by atoms with Gasteiger partial charge in [-0.2, -0.15) is 0 Å². The first-order valence-electron chi connectivity index (χ1n) is 11.0. The van der Waals surface area contributed by atoms with Crippen LogP contribution in [0.2, 0.25) is 0 Å². The number of hydrogen-bond donors (Lipinski definition) is 0. The monoisotopic (exact) mass is 447 g/mol. The molecule has 3 aromatic carbocycles. The van der Waals surface area contributed by atoms with Gasteiger partial charge in [-0.05, 0) is 61.2 Å². The average molecular weight is 448 g/mol. The van der Waals surface area contributed by atoms with E-state index in [1.54, 1.807) is 32.4 Å². The third-order valence-electron chi connectivity index (χ3n) is 5.88. The number of fused-ring (bicyclic) bond motifs is 1. The number of ether oxygens (including phenoxy) is 4. The van der Waals surface area contributed by atoms with Gasteiger partial charge in [-0.3, -0.25) is 4.79 Å². The van der Waals surface area contributed by atoms with Crippen molar-refractivity contribution in [1.82, 2.24) is 4.90 Å². The fourth-order valence-corrected chi connectivity index (χ4v) is 4.07. The maximum atomic E-state index is 13.6. The normalized spacial score (nSPS) is 12.8. The predicted molar refractivity (Wildman–Crippen MR) is 126 cm³/mol. The third-order valence-corrected chi connectivity index (χ3v) is 5.88. The maximum absolute atomic E-state index is 13.6. The Bertz CT molecular complexity index is 1100. The summed E-state index contributed by atoms with van der Waals surface area (Å²) in [6, 6.07) is 21.5. The minimum atomic E-state index is -0.0304. The van der Waals surface area contributed by atoms with Gasteiger partial charge in [0, 0.05) is 18.2 Å². The van der Waals surface area contributed by atoms with Crippen LogP contribution in [-0.2, 0) is 12.8 Å². The van der Waals surface area contributed by atoms with Crippen LogP contribution in [0.1, 0.15) is 28.4 Å². The highest BCUT2D eigenvalue weighted by atomic mass is 16.7. The highest BCUT2D eigenvalue weighted by molar-refractivity contribution is 5.95. The summed E-state index contributed by atoms with van der Waals surface area (Å²) in [5.41, 5.74) is 2.86. The molecule has 6 nitrogen and oxygen atoms in total. The molecule has 33 heavy (non-hydrogen) atoms. The molecule has 0 spiro atoms. The Kier molecular flexibility index (Phi) is 7.03. The minimum absolute atomic E-state index is 0.00506. The van der Waals surface area contributed by atoms with Gasteiger partial charge in [0.15, 0.2) is 23.0 Å². The van der Waals surface area contributed by atoms with E-state index >= 15 is 0 Å². The SMILES string of the molecule is COc1ccc(CCN(C(=O)c2ccc3c(c2)OCO3)[C@@H](C)Cc2ccccc2)cc1OC. The van der Waals surface area contributed by atoms with Crippen LogP contribution in [-0.4, -0.2) is 44.4 Å². The molecule has 3 aromatic rings. The molecule has 4 rings (SSSR count). The summed E-state index contributed by atoms with van der Waals surface area (Å²) in [6.07, 6.45) is 1.46. The fourth-order valence-electron chi connectivity index (χ4n) is 4.07. The van der Waals surface area contributed by atoms with Crippen molar-refractivity contribution in [2.45, 2.75) is 25.8 Å². The van der Waals surface area contributed by atoms with Crippen LogP contribution in [0.25, 0.3) is 0 Å². The lowest BCUT2D eigenvalue weighted by atomic mass is 10.0. The lowest BCUT2D eigenvalue weighted by molar-refractivity contribution is 0.0693. The van der Waals surface area contributed by atoms with E-state index in [1.165, 1.54) is 5.56 Å².